The molecule has 3 aromatic rings. The summed E-state index contributed by atoms with van der Waals surface area (Å²) in [5.74, 6) is -3.17. The monoisotopic (exact) mass is 1650 g/mol. The van der Waals surface area contributed by atoms with Crippen molar-refractivity contribution in [3.63, 3.8) is 0 Å². The molecule has 10 atom stereocenters. The van der Waals surface area contributed by atoms with Gasteiger partial charge in [-0.05, 0) is 233 Å². The van der Waals surface area contributed by atoms with E-state index in [1.165, 1.54) is 32.2 Å². The van der Waals surface area contributed by atoms with Crippen molar-refractivity contribution >= 4 is 56.8 Å². The minimum atomic E-state index is -5.27. The van der Waals surface area contributed by atoms with Gasteiger partial charge in [0.05, 0.1) is 85.7 Å². The van der Waals surface area contributed by atoms with Crippen molar-refractivity contribution in [2.75, 3.05) is 39.0 Å². The van der Waals surface area contributed by atoms with E-state index in [4.69, 9.17) is 42.6 Å². The minimum absolute atomic E-state index is 0.00100. The Labute approximate surface area is 685 Å². The number of carbonyl (C=O) groups excluding carboxylic acids is 6. The number of cyclic esters (lactones) is 1. The van der Waals surface area contributed by atoms with Crippen molar-refractivity contribution in [2.45, 2.75) is 340 Å². The number of hydrogen-bond acceptors (Lipinski definition) is 20. The largest absolute Gasteiger partial charge is 0.748 e. The first-order valence-electron chi connectivity index (χ1n) is 41.4. The van der Waals surface area contributed by atoms with Gasteiger partial charge in [-0.1, -0.05) is 132 Å². The molecule has 1 N–H and O–H groups in total. The summed E-state index contributed by atoms with van der Waals surface area (Å²) >= 11 is 0. The summed E-state index contributed by atoms with van der Waals surface area (Å²) in [4.78, 5) is 76.7. The zero-order chi connectivity index (χ0) is 85.7. The first kappa shape index (κ1) is 94.8. The van der Waals surface area contributed by atoms with Gasteiger partial charge in [0.2, 0.25) is 6.10 Å². The Morgan fingerprint density at radius 3 is 1.36 bits per heavy atom. The van der Waals surface area contributed by atoms with Crippen LogP contribution in [0.5, 0.6) is 0 Å². The maximum atomic E-state index is 13.3. The summed E-state index contributed by atoms with van der Waals surface area (Å²) in [6.45, 7) is 44.3. The van der Waals surface area contributed by atoms with Crippen molar-refractivity contribution in [1.82, 2.24) is 0 Å². The normalized spacial score (nSPS) is 28.4. The second-order valence-electron chi connectivity index (χ2n) is 40.0. The molecule has 20 nitrogen and oxygen atoms in total. The molecule has 0 radical (unpaired) electrons. The highest BCUT2D eigenvalue weighted by atomic mass is 32.2. The third-order valence-electron chi connectivity index (χ3n) is 24.9. The van der Waals surface area contributed by atoms with Gasteiger partial charge in [0.25, 0.3) is 0 Å². The van der Waals surface area contributed by atoms with E-state index in [1.54, 1.807) is 13.8 Å². The number of aliphatic hydroxyl groups is 1. The fourth-order valence-corrected chi connectivity index (χ4v) is 19.8. The lowest BCUT2D eigenvalue weighted by molar-refractivity contribution is -0.239. The van der Waals surface area contributed by atoms with Crippen LogP contribution in [0.3, 0.4) is 0 Å². The molecule has 8 bridgehead atoms. The lowest BCUT2D eigenvalue weighted by Gasteiger charge is -2.60. The Hall–Kier alpha value is -5.67. The molecular formula is C90H133F3O20S2. The van der Waals surface area contributed by atoms with E-state index in [0.29, 0.717) is 76.6 Å². The molecule has 8 saturated carbocycles. The molecule has 3 saturated heterocycles. The number of esters is 6. The topological polar surface area (TPSA) is 272 Å². The molecule has 14 rings (SSSR count). The Morgan fingerprint density at radius 1 is 0.548 bits per heavy atom. The number of ether oxygens (including phenoxy) is 10. The van der Waals surface area contributed by atoms with E-state index >= 15 is 0 Å². The van der Waals surface area contributed by atoms with Crippen LogP contribution in [0.4, 0.5) is 13.2 Å². The van der Waals surface area contributed by atoms with E-state index in [0.717, 1.165) is 44.9 Å². The molecule has 11 fully saturated rings. The predicted octanol–water partition coefficient (Wildman–Crippen LogP) is 17.6. The Kier molecular flexibility index (Phi) is 30.3. The van der Waals surface area contributed by atoms with Crippen molar-refractivity contribution in [2.24, 2.45) is 56.2 Å². The van der Waals surface area contributed by atoms with Gasteiger partial charge in [0.15, 0.2) is 20.8 Å². The average molecular weight is 1660 g/mol. The number of carbonyl (C=O) groups is 6. The van der Waals surface area contributed by atoms with Gasteiger partial charge in [-0.2, -0.15) is 13.2 Å². The van der Waals surface area contributed by atoms with Crippen LogP contribution in [0.15, 0.2) is 93.5 Å². The van der Waals surface area contributed by atoms with E-state index in [9.17, 15) is 60.0 Å². The van der Waals surface area contributed by atoms with E-state index in [2.05, 4.69) is 146 Å². The van der Waals surface area contributed by atoms with Crippen LogP contribution in [-0.2, 0) is 108 Å². The first-order valence-corrected chi connectivity index (χ1v) is 44.2. The highest BCUT2D eigenvalue weighted by Crippen LogP contribution is 2.64. The summed E-state index contributed by atoms with van der Waals surface area (Å²) < 4.78 is 127. The summed E-state index contributed by atoms with van der Waals surface area (Å²) in [6, 6.07) is 29.3. The summed E-state index contributed by atoms with van der Waals surface area (Å²) in [5, 5.41) is 10.6. The Morgan fingerprint density at radius 2 is 0.957 bits per heavy atom. The number of hydrogen-bond donors (Lipinski definition) is 1. The van der Waals surface area contributed by atoms with Crippen molar-refractivity contribution < 1.29 is 107 Å². The fraction of sp³-hybridized carbons (Fsp3) is 0.733. The zero-order valence-corrected chi connectivity index (χ0v) is 73.8. The van der Waals surface area contributed by atoms with Gasteiger partial charge < -0.3 is 57.0 Å². The Bertz CT molecular complexity index is 3820. The first-order chi connectivity index (χ1) is 53.0. The van der Waals surface area contributed by atoms with Crippen LogP contribution in [0.25, 0.3) is 0 Å². The van der Waals surface area contributed by atoms with Crippen LogP contribution < -0.4 is 0 Å². The second kappa shape index (κ2) is 36.7. The molecule has 25 heteroatoms. The van der Waals surface area contributed by atoms with E-state index in [1.807, 2.05) is 69.2 Å². The van der Waals surface area contributed by atoms with E-state index in [-0.39, 0.29) is 125 Å². The van der Waals surface area contributed by atoms with Gasteiger partial charge >= 0.3 is 42.0 Å². The highest BCUT2D eigenvalue weighted by molar-refractivity contribution is 7.97. The zero-order valence-electron chi connectivity index (χ0n) is 72.2. The lowest BCUT2D eigenvalue weighted by Crippen LogP contribution is -2.61. The summed E-state index contributed by atoms with van der Waals surface area (Å²) in [7, 11) is -5.36. The standard InChI is InChI=1S/C26H31S.C20H29F3O7S.C18H32O6.C16H26O3.C10H16O4/c1-25(2,3)20-12-16-23(17-13-20)27(22-10-8-7-9-11-22)24-18-14-21(15-19-24)26(4,5)6;1-4-17(2,3)15(24)30-19-8-12-5-13(9-19)7-18(6-12,11-19)16(25)29-14(20(21,22)23)10-31(26,27)28;1-7-18(5,6)16(19)24-13-9-22-14-12(8-21-15(13)14)23-11-20-10-17(2,3)4;1-4-14(2,3)13(17)19-16-8-11-5-12(9-16)7-15(18,6-11)10-16;1-4-10(2,3)9(12)14-7-5-8(11)13-6-7/h7-19H,1-6H3;12-14H,4-11H2,1-3H3,(H,26,27,28);12-15H,7-11H2,1-6H3;11-12,18H,4-10H2,1-3H3;7H,4-6H2,1-3H3/q+1;;;;/p-1. The quantitative estimate of drug-likeness (QED) is 0.0231. The maximum absolute atomic E-state index is 13.3. The molecule has 0 aromatic heterocycles. The third-order valence-corrected chi connectivity index (χ3v) is 27.8. The minimum Gasteiger partial charge on any atom is -0.748 e. The van der Waals surface area contributed by atoms with Crippen molar-refractivity contribution in [3.8, 4) is 0 Å². The van der Waals surface area contributed by atoms with Gasteiger partial charge in [-0.15, -0.1) is 0 Å². The molecule has 646 valence electrons. The van der Waals surface area contributed by atoms with Gasteiger partial charge in [0.1, 0.15) is 49.0 Å². The van der Waals surface area contributed by atoms with Crippen molar-refractivity contribution in [3.05, 3.63) is 90.0 Å². The van der Waals surface area contributed by atoms with Crippen molar-refractivity contribution in [1.29, 1.82) is 0 Å². The lowest BCUT2D eigenvalue weighted by atomic mass is 9.48. The smallest absolute Gasteiger partial charge is 0.426 e. The molecule has 3 heterocycles. The van der Waals surface area contributed by atoms with E-state index < -0.39 is 78.4 Å². The van der Waals surface area contributed by atoms with Gasteiger partial charge in [-0.3, -0.25) is 28.8 Å². The van der Waals surface area contributed by atoms with Gasteiger partial charge in [-0.25, -0.2) is 8.42 Å². The molecule has 11 aliphatic rings. The molecule has 0 spiro atoms. The Balaban J connectivity index is 0.000000184. The summed E-state index contributed by atoms with van der Waals surface area (Å²) in [6.07, 6.45) is 1.54. The summed E-state index contributed by atoms with van der Waals surface area (Å²) in [5.41, 5.74) is -2.03. The predicted molar refractivity (Wildman–Crippen MR) is 430 cm³/mol. The number of rotatable bonds is 23. The van der Waals surface area contributed by atoms with Crippen LogP contribution in [0, 0.1) is 56.2 Å². The second-order valence-corrected chi connectivity index (χ2v) is 43.5. The number of benzene rings is 3. The molecule has 10 unspecified atom stereocenters. The van der Waals surface area contributed by atoms with Crippen LogP contribution in [0.1, 0.15) is 266 Å². The molecule has 3 aliphatic heterocycles. The SMILES string of the molecule is CC(C)(C)c1ccc([S+](c2ccccc2)c2ccc(C(C)(C)C)cc2)cc1.CCC(C)(C)C(=O)OC12CC3CC(C1)CC(C(=O)OC(CS(=O)(=O)[O-])C(F)(F)F)(C3)C2.CCC(C)(C)C(=O)OC12CC3CC(CC(O)(C3)C1)C2.CCC(C)(C)C(=O)OC1COC(=O)C1.CCC(C)(C)C(=O)OC1COC2C(OCOCC(C)(C)C)COC12. The number of alkyl halides is 3. The molecule has 115 heavy (non-hydrogen) atoms. The fourth-order valence-electron chi connectivity index (χ4n) is 17.1. The van der Waals surface area contributed by atoms with Gasteiger partial charge in [0, 0.05) is 12.8 Å². The van der Waals surface area contributed by atoms with Crippen LogP contribution in [0.2, 0.25) is 0 Å². The molecule has 8 aliphatic carbocycles. The highest BCUT2D eigenvalue weighted by Gasteiger charge is 2.65. The van der Waals surface area contributed by atoms with Crippen LogP contribution >= 0.6 is 0 Å². The molecule has 3 aromatic carbocycles. The van der Waals surface area contributed by atoms with Crippen LogP contribution in [-0.4, -0.2) is 152 Å². The number of fused-ring (bicyclic) bond motifs is 1. The number of halogens is 3. The molecule has 0 amide bonds. The third kappa shape index (κ3) is 25.2. The maximum Gasteiger partial charge on any atom is 0.426 e. The molecular weight excluding hydrogens is 1520 g/mol. The average Bonchev–Trinajstić information content (AvgIpc) is 1.34.